The molecule has 1 amide bonds. The van der Waals surface area contributed by atoms with Gasteiger partial charge in [-0.1, -0.05) is 13.8 Å². The van der Waals surface area contributed by atoms with Crippen molar-refractivity contribution in [2.75, 3.05) is 5.32 Å². The number of nitro groups is 1. The highest BCUT2D eigenvalue weighted by atomic mass is 16.7. The van der Waals surface area contributed by atoms with E-state index in [0.29, 0.717) is 12.1 Å². The fraction of sp³-hybridized carbons (Fsp3) is 0.421. The predicted molar refractivity (Wildman–Crippen MR) is 102 cm³/mol. The number of hydrogen-bond donors (Lipinski definition) is 2. The number of non-ortho nitro benzene ring substituents is 1. The first kappa shape index (κ1) is 21.9. The highest BCUT2D eigenvalue weighted by Gasteiger charge is 2.39. The standard InChI is InChI=1S/C19H23N3O7/c1-11(2)9-15(16(23)21-12-5-7-13(8-6-12)22(26)27)20-10-14-17(24)28-19(3,4)29-18(14)25/h5-8,10-11,15,20H,9H2,1-4H3,(H,21,23)/t15-/m1/s1. The van der Waals surface area contributed by atoms with Crippen LogP contribution in [0.15, 0.2) is 36.0 Å². The van der Waals surface area contributed by atoms with Gasteiger partial charge in [-0.25, -0.2) is 9.59 Å². The molecule has 0 aromatic heterocycles. The number of carbonyl (C=O) groups excluding carboxylic acids is 3. The Morgan fingerprint density at radius 3 is 2.21 bits per heavy atom. The van der Waals surface area contributed by atoms with Crippen LogP contribution in [0, 0.1) is 16.0 Å². The molecule has 1 aromatic carbocycles. The third kappa shape index (κ3) is 6.03. The Morgan fingerprint density at radius 1 is 1.17 bits per heavy atom. The van der Waals surface area contributed by atoms with E-state index < -0.39 is 34.6 Å². The minimum atomic E-state index is -1.35. The molecule has 0 spiro atoms. The first-order valence-corrected chi connectivity index (χ1v) is 8.96. The quantitative estimate of drug-likeness (QED) is 0.232. The number of nitrogens with zero attached hydrogens (tertiary/aromatic N) is 1. The molecule has 156 valence electrons. The molecule has 10 heteroatoms. The van der Waals surface area contributed by atoms with Crippen LogP contribution >= 0.6 is 0 Å². The Kier molecular flexibility index (Phi) is 6.57. The number of esters is 2. The van der Waals surface area contributed by atoms with Gasteiger partial charge in [-0.3, -0.25) is 14.9 Å². The van der Waals surface area contributed by atoms with Gasteiger partial charge in [0.2, 0.25) is 5.91 Å². The zero-order valence-corrected chi connectivity index (χ0v) is 16.6. The topological polar surface area (TPSA) is 137 Å². The summed E-state index contributed by atoms with van der Waals surface area (Å²) >= 11 is 0. The molecule has 1 heterocycles. The van der Waals surface area contributed by atoms with Crippen LogP contribution in [0.25, 0.3) is 0 Å². The van der Waals surface area contributed by atoms with Crippen molar-refractivity contribution in [3.8, 4) is 0 Å². The number of rotatable bonds is 7. The molecule has 1 saturated heterocycles. The van der Waals surface area contributed by atoms with Gasteiger partial charge in [0, 0.05) is 37.9 Å². The average Bonchev–Trinajstić information content (AvgIpc) is 2.59. The average molecular weight is 405 g/mol. The maximum Gasteiger partial charge on any atom is 0.350 e. The van der Waals surface area contributed by atoms with Crippen LogP contribution in [0.5, 0.6) is 0 Å². The van der Waals surface area contributed by atoms with Crippen molar-refractivity contribution in [1.82, 2.24) is 5.32 Å². The molecule has 0 radical (unpaired) electrons. The van der Waals surface area contributed by atoms with E-state index >= 15 is 0 Å². The summed E-state index contributed by atoms with van der Waals surface area (Å²) in [7, 11) is 0. The van der Waals surface area contributed by atoms with Gasteiger partial charge in [-0.05, 0) is 24.5 Å². The first-order valence-electron chi connectivity index (χ1n) is 8.96. The molecule has 1 atom stereocenters. The van der Waals surface area contributed by atoms with Crippen LogP contribution in [-0.4, -0.2) is 34.6 Å². The van der Waals surface area contributed by atoms with Crippen molar-refractivity contribution in [2.24, 2.45) is 5.92 Å². The lowest BCUT2D eigenvalue weighted by atomic mass is 10.0. The molecule has 1 aliphatic heterocycles. The molecule has 0 unspecified atom stereocenters. The Hall–Kier alpha value is -3.43. The molecule has 0 bridgehead atoms. The van der Waals surface area contributed by atoms with Crippen LogP contribution in [0.2, 0.25) is 0 Å². The summed E-state index contributed by atoms with van der Waals surface area (Å²) in [5.41, 5.74) is -0.0647. The summed E-state index contributed by atoms with van der Waals surface area (Å²) in [4.78, 5) is 46.9. The van der Waals surface area contributed by atoms with Gasteiger partial charge in [0.15, 0.2) is 5.57 Å². The van der Waals surface area contributed by atoms with Gasteiger partial charge in [-0.2, -0.15) is 0 Å². The Morgan fingerprint density at radius 2 is 1.72 bits per heavy atom. The zero-order valence-electron chi connectivity index (χ0n) is 16.6. The van der Waals surface area contributed by atoms with Crippen molar-refractivity contribution >= 4 is 29.2 Å². The summed E-state index contributed by atoms with van der Waals surface area (Å²) in [6.07, 6.45) is 1.51. The van der Waals surface area contributed by atoms with Crippen molar-refractivity contribution in [3.05, 3.63) is 46.2 Å². The fourth-order valence-electron chi connectivity index (χ4n) is 2.58. The molecule has 0 saturated carbocycles. The lowest BCUT2D eigenvalue weighted by molar-refractivity contribution is -0.384. The van der Waals surface area contributed by atoms with Crippen molar-refractivity contribution in [3.63, 3.8) is 0 Å². The molecular formula is C19H23N3O7. The number of nitro benzene ring substituents is 1. The lowest BCUT2D eigenvalue weighted by Crippen LogP contribution is -2.44. The van der Waals surface area contributed by atoms with Crippen molar-refractivity contribution < 1.29 is 28.8 Å². The normalized spacial score (nSPS) is 16.5. The van der Waals surface area contributed by atoms with E-state index in [0.717, 1.165) is 6.20 Å². The van der Waals surface area contributed by atoms with Gasteiger partial charge in [-0.15, -0.1) is 0 Å². The highest BCUT2D eigenvalue weighted by molar-refractivity contribution is 6.15. The number of amides is 1. The van der Waals surface area contributed by atoms with E-state index in [1.54, 1.807) is 0 Å². The minimum absolute atomic E-state index is 0.0955. The van der Waals surface area contributed by atoms with E-state index in [1.165, 1.54) is 38.1 Å². The van der Waals surface area contributed by atoms with Crippen LogP contribution in [-0.2, 0) is 23.9 Å². The fourth-order valence-corrected chi connectivity index (χ4v) is 2.58. The van der Waals surface area contributed by atoms with Crippen LogP contribution in [0.3, 0.4) is 0 Å². The Labute approximate surface area is 167 Å². The molecule has 10 nitrogen and oxygen atoms in total. The number of cyclic esters (lactones) is 2. The second-order valence-electron chi connectivity index (χ2n) is 7.38. The van der Waals surface area contributed by atoms with Gasteiger partial charge in [0.25, 0.3) is 11.5 Å². The second-order valence-corrected chi connectivity index (χ2v) is 7.38. The van der Waals surface area contributed by atoms with E-state index in [9.17, 15) is 24.5 Å². The summed E-state index contributed by atoms with van der Waals surface area (Å²) in [6, 6.07) is 4.61. The lowest BCUT2D eigenvalue weighted by Gasteiger charge is -2.30. The van der Waals surface area contributed by atoms with E-state index in [2.05, 4.69) is 10.6 Å². The molecule has 0 aliphatic carbocycles. The van der Waals surface area contributed by atoms with Crippen LogP contribution < -0.4 is 10.6 Å². The van der Waals surface area contributed by atoms with Gasteiger partial charge < -0.3 is 20.1 Å². The monoisotopic (exact) mass is 405 g/mol. The SMILES string of the molecule is CC(C)C[C@@H](NC=C1C(=O)OC(C)(C)OC1=O)C(=O)Nc1ccc([N+](=O)[O-])cc1. The third-order valence-corrected chi connectivity index (χ3v) is 3.91. The van der Waals surface area contributed by atoms with Crippen LogP contribution in [0.1, 0.15) is 34.1 Å². The predicted octanol–water partition coefficient (Wildman–Crippen LogP) is 2.26. The van der Waals surface area contributed by atoms with Crippen molar-refractivity contribution in [1.29, 1.82) is 0 Å². The highest BCUT2D eigenvalue weighted by Crippen LogP contribution is 2.22. The van der Waals surface area contributed by atoms with Gasteiger partial charge in [0.05, 0.1) is 4.92 Å². The van der Waals surface area contributed by atoms with Gasteiger partial charge in [0.1, 0.15) is 6.04 Å². The second kappa shape index (κ2) is 8.72. The number of carbonyl (C=O) groups is 3. The zero-order chi connectivity index (χ0) is 21.8. The Bertz CT molecular complexity index is 822. The van der Waals surface area contributed by atoms with Gasteiger partial charge >= 0.3 is 11.9 Å². The minimum Gasteiger partial charge on any atom is -0.419 e. The third-order valence-electron chi connectivity index (χ3n) is 3.91. The largest absolute Gasteiger partial charge is 0.419 e. The number of benzene rings is 1. The maximum absolute atomic E-state index is 12.6. The number of ether oxygens (including phenoxy) is 2. The number of nitrogens with one attached hydrogen (secondary N) is 2. The Balaban J connectivity index is 2.12. The number of anilines is 1. The molecule has 1 aromatic rings. The molecule has 29 heavy (non-hydrogen) atoms. The summed E-state index contributed by atoms with van der Waals surface area (Å²) < 4.78 is 10.0. The van der Waals surface area contributed by atoms with Crippen molar-refractivity contribution in [2.45, 2.75) is 45.9 Å². The van der Waals surface area contributed by atoms with E-state index in [4.69, 9.17) is 9.47 Å². The van der Waals surface area contributed by atoms with E-state index in [-0.39, 0.29) is 17.2 Å². The van der Waals surface area contributed by atoms with Crippen LogP contribution in [0.4, 0.5) is 11.4 Å². The molecule has 1 aliphatic rings. The molecular weight excluding hydrogens is 382 g/mol. The summed E-state index contributed by atoms with van der Waals surface area (Å²) in [5.74, 6) is -3.36. The van der Waals surface area contributed by atoms with E-state index in [1.807, 2.05) is 13.8 Å². The summed E-state index contributed by atoms with van der Waals surface area (Å²) in [5, 5.41) is 16.1. The smallest absolute Gasteiger partial charge is 0.350 e. The molecule has 2 rings (SSSR count). The first-order chi connectivity index (χ1) is 13.5. The molecule has 2 N–H and O–H groups in total. The molecule has 1 fully saturated rings. The maximum atomic E-state index is 12.6. The summed E-state index contributed by atoms with van der Waals surface area (Å²) in [6.45, 7) is 6.69. The number of hydrogen-bond acceptors (Lipinski definition) is 8.